The van der Waals surface area contributed by atoms with Crippen LogP contribution < -0.4 is 5.32 Å². The van der Waals surface area contributed by atoms with Crippen LogP contribution in [0.15, 0.2) is 60.0 Å². The topological polar surface area (TPSA) is 87.3 Å². The summed E-state index contributed by atoms with van der Waals surface area (Å²) < 4.78 is 5.43. The molecule has 2 N–H and O–H groups in total. The van der Waals surface area contributed by atoms with Crippen LogP contribution in [0.5, 0.6) is 0 Å². The monoisotopic (exact) mass is 448 g/mol. The second-order valence-corrected chi connectivity index (χ2v) is 8.89. The summed E-state index contributed by atoms with van der Waals surface area (Å²) in [5.41, 5.74) is 3.21. The van der Waals surface area contributed by atoms with Crippen molar-refractivity contribution in [2.75, 3.05) is 20.2 Å². The molecule has 3 aliphatic rings. The molecular formula is C26H32N4O3. The normalized spacial score (nSPS) is 22.6. The highest BCUT2D eigenvalue weighted by Gasteiger charge is 2.25. The smallest absolute Gasteiger partial charge is 0.217 e. The van der Waals surface area contributed by atoms with Crippen LogP contribution in [0.2, 0.25) is 0 Å². The van der Waals surface area contributed by atoms with E-state index in [1.54, 1.807) is 6.92 Å². The van der Waals surface area contributed by atoms with E-state index in [-0.39, 0.29) is 18.3 Å². The fraction of sp³-hybridized carbons (Fsp3) is 0.423. The number of benzene rings is 1. The van der Waals surface area contributed by atoms with Gasteiger partial charge in [0.1, 0.15) is 18.2 Å². The lowest BCUT2D eigenvalue weighted by Crippen LogP contribution is -2.36. The molecule has 7 heteroatoms. The van der Waals surface area contributed by atoms with Crippen molar-refractivity contribution >= 4 is 22.7 Å². The molecule has 33 heavy (non-hydrogen) atoms. The van der Waals surface area contributed by atoms with E-state index in [0.29, 0.717) is 18.5 Å². The molecule has 0 bridgehead atoms. The molecule has 0 saturated heterocycles. The maximum absolute atomic E-state index is 11.3. The van der Waals surface area contributed by atoms with Gasteiger partial charge in [-0.1, -0.05) is 36.8 Å². The van der Waals surface area contributed by atoms with Crippen molar-refractivity contribution in [2.45, 2.75) is 51.0 Å². The summed E-state index contributed by atoms with van der Waals surface area (Å²) in [6, 6.07) is 8.41. The second kappa shape index (κ2) is 10.5. The molecule has 0 spiro atoms. The highest BCUT2D eigenvalue weighted by Crippen LogP contribution is 2.32. The number of rotatable bonds is 2. The minimum absolute atomic E-state index is 0.0651. The minimum atomic E-state index is 0.0651. The number of carbonyl (C=O) groups is 2. The van der Waals surface area contributed by atoms with Crippen LogP contribution in [-0.2, 0) is 14.3 Å². The van der Waals surface area contributed by atoms with Gasteiger partial charge in [0.2, 0.25) is 5.91 Å². The molecule has 7 nitrogen and oxygen atoms in total. The Balaban J connectivity index is 0.000000165. The summed E-state index contributed by atoms with van der Waals surface area (Å²) in [7, 11) is 1.93. The molecule has 1 aliphatic heterocycles. The van der Waals surface area contributed by atoms with Crippen molar-refractivity contribution in [1.29, 1.82) is 0 Å². The van der Waals surface area contributed by atoms with Crippen molar-refractivity contribution < 1.29 is 14.3 Å². The van der Waals surface area contributed by atoms with Gasteiger partial charge in [-0.25, -0.2) is 4.98 Å². The number of H-pyrrole nitrogens is 1. The molecule has 2 atom stereocenters. The number of fused-ring (bicyclic) bond motifs is 1. The van der Waals surface area contributed by atoms with Crippen LogP contribution >= 0.6 is 0 Å². The fourth-order valence-corrected chi connectivity index (χ4v) is 4.66. The summed E-state index contributed by atoms with van der Waals surface area (Å²) in [5, 5.41) is 3.03. The average Bonchev–Trinajstić information content (AvgIpc) is 3.01. The third-order valence-corrected chi connectivity index (χ3v) is 6.23. The largest absolute Gasteiger partial charge is 0.484 e. The zero-order valence-corrected chi connectivity index (χ0v) is 19.3. The number of nitrogens with zero attached hydrogens (tertiary/aromatic N) is 2. The molecule has 2 aliphatic carbocycles. The number of para-hydroxylation sites is 2. The first-order chi connectivity index (χ1) is 16.0. The first-order valence-electron chi connectivity index (χ1n) is 11.6. The molecule has 1 amide bonds. The number of ether oxygens (including phenoxy) is 1. The molecule has 1 aromatic carbocycles. The van der Waals surface area contributed by atoms with Gasteiger partial charge >= 0.3 is 0 Å². The van der Waals surface area contributed by atoms with E-state index in [0.717, 1.165) is 60.4 Å². The van der Waals surface area contributed by atoms with E-state index < -0.39 is 0 Å². The zero-order valence-electron chi connectivity index (χ0n) is 19.3. The number of imidazole rings is 1. The maximum Gasteiger partial charge on any atom is 0.217 e. The molecule has 2 unspecified atom stereocenters. The zero-order chi connectivity index (χ0) is 23.2. The van der Waals surface area contributed by atoms with E-state index in [4.69, 9.17) is 4.74 Å². The Morgan fingerprint density at radius 1 is 1.24 bits per heavy atom. The first-order valence-corrected chi connectivity index (χ1v) is 11.6. The van der Waals surface area contributed by atoms with Gasteiger partial charge in [-0.05, 0) is 37.5 Å². The number of Topliss-reactive ketones (excluding diaryl/α,β-unsaturated/α-hetero) is 1. The summed E-state index contributed by atoms with van der Waals surface area (Å²) >= 11 is 0. The van der Waals surface area contributed by atoms with Crippen molar-refractivity contribution in [3.05, 3.63) is 65.9 Å². The second-order valence-electron chi connectivity index (χ2n) is 8.89. The number of hydrogen-bond donors (Lipinski definition) is 2. The number of carbonyl (C=O) groups excluding carboxylic acids is 2. The molecule has 5 rings (SSSR count). The molecule has 2 heterocycles. The molecule has 0 radical (unpaired) electrons. The Morgan fingerprint density at radius 3 is 2.91 bits per heavy atom. The van der Waals surface area contributed by atoms with Gasteiger partial charge in [-0.3, -0.25) is 9.59 Å². The number of nitrogens with one attached hydrogen (secondary N) is 2. The fourth-order valence-electron chi connectivity index (χ4n) is 4.66. The van der Waals surface area contributed by atoms with E-state index >= 15 is 0 Å². The van der Waals surface area contributed by atoms with Crippen LogP contribution in [0.4, 0.5) is 0 Å². The van der Waals surface area contributed by atoms with Gasteiger partial charge in [-0.15, -0.1) is 0 Å². The highest BCUT2D eigenvalue weighted by atomic mass is 16.5. The average molecular weight is 449 g/mol. The Kier molecular flexibility index (Phi) is 7.27. The van der Waals surface area contributed by atoms with Crippen molar-refractivity contribution in [1.82, 2.24) is 20.2 Å². The molecule has 1 aromatic heterocycles. The minimum Gasteiger partial charge on any atom is -0.484 e. The lowest BCUT2D eigenvalue weighted by atomic mass is 9.85. The number of allylic oxidation sites excluding steroid dienone is 4. The number of aromatic nitrogens is 2. The van der Waals surface area contributed by atoms with Gasteiger partial charge in [0, 0.05) is 32.4 Å². The van der Waals surface area contributed by atoms with E-state index in [1.165, 1.54) is 0 Å². The third kappa shape index (κ3) is 5.92. The van der Waals surface area contributed by atoms with Crippen LogP contribution in [0.25, 0.3) is 11.0 Å². The lowest BCUT2D eigenvalue weighted by molar-refractivity contribution is -0.122. The van der Waals surface area contributed by atoms with Gasteiger partial charge in [0.25, 0.3) is 0 Å². The van der Waals surface area contributed by atoms with Crippen LogP contribution in [0.1, 0.15) is 50.8 Å². The van der Waals surface area contributed by atoms with Crippen molar-refractivity contribution in [2.24, 2.45) is 0 Å². The van der Waals surface area contributed by atoms with E-state index in [2.05, 4.69) is 27.4 Å². The Hall–Kier alpha value is -3.35. The van der Waals surface area contributed by atoms with Gasteiger partial charge in [0.15, 0.2) is 5.78 Å². The Morgan fingerprint density at radius 2 is 2.09 bits per heavy atom. The first kappa shape index (κ1) is 22.8. The number of amides is 1. The van der Waals surface area contributed by atoms with E-state index in [9.17, 15) is 9.59 Å². The Labute approximate surface area is 194 Å². The van der Waals surface area contributed by atoms with Gasteiger partial charge < -0.3 is 19.9 Å². The van der Waals surface area contributed by atoms with Crippen molar-refractivity contribution in [3.8, 4) is 0 Å². The highest BCUT2D eigenvalue weighted by molar-refractivity contribution is 5.82. The summed E-state index contributed by atoms with van der Waals surface area (Å²) in [6.07, 6.45) is 13.1. The third-order valence-electron chi connectivity index (χ3n) is 6.23. The van der Waals surface area contributed by atoms with E-state index in [1.807, 2.05) is 48.4 Å². The number of ketones is 1. The molecule has 1 fully saturated rings. The number of aromatic amines is 1. The van der Waals surface area contributed by atoms with Crippen molar-refractivity contribution in [3.63, 3.8) is 0 Å². The van der Waals surface area contributed by atoms with Gasteiger partial charge in [-0.2, -0.15) is 0 Å². The predicted molar refractivity (Wildman–Crippen MR) is 128 cm³/mol. The van der Waals surface area contributed by atoms with Gasteiger partial charge in [0.05, 0.1) is 23.3 Å². The summed E-state index contributed by atoms with van der Waals surface area (Å²) in [4.78, 5) is 32.5. The summed E-state index contributed by atoms with van der Waals surface area (Å²) in [5.74, 6) is 2.51. The standard InChI is InChI=1S/C15H19N3O.C11H13NO2/c1-10(19)16-12-6-4-5-11(9-12)15-17-13-7-2-3-8-14(13)18-15;1-12-7-9(13)8-14-11-6-4-2-3-5-10(11)12/h2-3,7-8,11-12H,4-6,9H2,1H3,(H,16,19)(H,17,18);2-4,6H,5,7-8H2,1H3. The molecular weight excluding hydrogens is 416 g/mol. The maximum atomic E-state index is 11.3. The number of hydrogen-bond acceptors (Lipinski definition) is 5. The SMILES string of the molecule is CC(=O)NC1CCCC(c2nc3ccccc3[nH]2)C1.CN1CC(=O)COC2=C1CC=CC=C2. The van der Waals surface area contributed by atoms with Crippen LogP contribution in [0, 0.1) is 0 Å². The summed E-state index contributed by atoms with van der Waals surface area (Å²) in [6.45, 7) is 2.22. The molecule has 2 aromatic rings. The lowest BCUT2D eigenvalue weighted by Gasteiger charge is -2.28. The van der Waals surface area contributed by atoms with Crippen LogP contribution in [0.3, 0.4) is 0 Å². The molecule has 1 saturated carbocycles. The predicted octanol–water partition coefficient (Wildman–Crippen LogP) is 3.97. The number of likely N-dealkylation sites (N-methyl/N-ethyl adjacent to an activating group) is 1. The Bertz CT molecular complexity index is 1060. The molecule has 174 valence electrons. The van der Waals surface area contributed by atoms with Crippen LogP contribution in [-0.4, -0.2) is 52.8 Å². The quantitative estimate of drug-likeness (QED) is 0.726.